The lowest BCUT2D eigenvalue weighted by Gasteiger charge is -2.35. The lowest BCUT2D eigenvalue weighted by Crippen LogP contribution is -2.47. The zero-order valence-corrected chi connectivity index (χ0v) is 25.3. The standard InChI is InChI=1S/C31H37NO11/c1-16(23(14-36-4)32-17(2)33)43-31(35)29-21(13-40-18(3)34)8-19-9-24-25(42-15-41-24)12-22(19)28(29)20-10-26(37-5)30(39-7)27(11-20)38-6/h8-12,16,23,28-29H,13-15H2,1-7H3,(H,32,33)/t16-,23-,28-,29?/m1/s1. The molecule has 4 atom stereocenters. The van der Waals surface area contributed by atoms with Crippen LogP contribution in [0.5, 0.6) is 28.7 Å². The number of carbonyl (C=O) groups is 3. The van der Waals surface area contributed by atoms with Crippen molar-refractivity contribution in [3.63, 3.8) is 0 Å². The number of nitrogens with one attached hydrogen (secondary N) is 1. The molecule has 0 radical (unpaired) electrons. The average molecular weight is 600 g/mol. The van der Waals surface area contributed by atoms with E-state index in [-0.39, 0.29) is 25.9 Å². The summed E-state index contributed by atoms with van der Waals surface area (Å²) in [4.78, 5) is 37.9. The second-order valence-corrected chi connectivity index (χ2v) is 10.2. The smallest absolute Gasteiger partial charge is 0.314 e. The van der Waals surface area contributed by atoms with E-state index in [1.807, 2.05) is 12.1 Å². The summed E-state index contributed by atoms with van der Waals surface area (Å²) in [6.07, 6.45) is 1.04. The number of amides is 1. The summed E-state index contributed by atoms with van der Waals surface area (Å²) >= 11 is 0. The zero-order valence-electron chi connectivity index (χ0n) is 25.3. The molecule has 2 aromatic carbocycles. The molecule has 0 saturated heterocycles. The Labute approximate surface area is 250 Å². The second-order valence-electron chi connectivity index (χ2n) is 10.2. The first-order chi connectivity index (χ1) is 20.6. The Hall–Kier alpha value is -4.45. The van der Waals surface area contributed by atoms with Crippen LogP contribution in [0.25, 0.3) is 6.08 Å². The van der Waals surface area contributed by atoms with E-state index in [0.29, 0.717) is 39.9 Å². The van der Waals surface area contributed by atoms with Crippen molar-refractivity contribution in [2.45, 2.75) is 38.8 Å². The van der Waals surface area contributed by atoms with Gasteiger partial charge in [0, 0.05) is 26.9 Å². The summed E-state index contributed by atoms with van der Waals surface area (Å²) in [5.41, 5.74) is 2.64. The summed E-state index contributed by atoms with van der Waals surface area (Å²) in [6, 6.07) is 6.59. The molecule has 0 saturated carbocycles. The summed E-state index contributed by atoms with van der Waals surface area (Å²) in [5, 5.41) is 2.77. The fourth-order valence-corrected chi connectivity index (χ4v) is 5.38. The third-order valence-corrected chi connectivity index (χ3v) is 7.33. The summed E-state index contributed by atoms with van der Waals surface area (Å²) < 4.78 is 44.8. The quantitative estimate of drug-likeness (QED) is 0.360. The molecule has 1 amide bonds. The molecule has 12 heteroatoms. The van der Waals surface area contributed by atoms with Crippen molar-refractivity contribution in [1.29, 1.82) is 0 Å². The monoisotopic (exact) mass is 599 g/mol. The van der Waals surface area contributed by atoms with Crippen molar-refractivity contribution in [2.75, 3.05) is 48.4 Å². The van der Waals surface area contributed by atoms with E-state index < -0.39 is 35.9 Å². The van der Waals surface area contributed by atoms with Gasteiger partial charge in [-0.1, -0.05) is 6.08 Å². The van der Waals surface area contributed by atoms with Gasteiger partial charge in [-0.15, -0.1) is 0 Å². The van der Waals surface area contributed by atoms with Gasteiger partial charge < -0.3 is 43.2 Å². The van der Waals surface area contributed by atoms with Crippen LogP contribution >= 0.6 is 0 Å². The molecule has 2 aliphatic rings. The van der Waals surface area contributed by atoms with Crippen molar-refractivity contribution in [2.24, 2.45) is 5.92 Å². The Morgan fingerprint density at radius 3 is 2.16 bits per heavy atom. The first-order valence-corrected chi connectivity index (χ1v) is 13.7. The van der Waals surface area contributed by atoms with E-state index in [1.54, 1.807) is 25.1 Å². The van der Waals surface area contributed by atoms with Gasteiger partial charge in [0.15, 0.2) is 23.0 Å². The van der Waals surface area contributed by atoms with Gasteiger partial charge in [-0.05, 0) is 53.5 Å². The fraction of sp³-hybridized carbons (Fsp3) is 0.452. The van der Waals surface area contributed by atoms with Crippen molar-refractivity contribution in [1.82, 2.24) is 5.32 Å². The maximum absolute atomic E-state index is 14.2. The summed E-state index contributed by atoms with van der Waals surface area (Å²) in [6.45, 7) is 4.37. The molecule has 4 rings (SSSR count). The van der Waals surface area contributed by atoms with Gasteiger partial charge in [0.05, 0.1) is 39.9 Å². The van der Waals surface area contributed by atoms with Gasteiger partial charge in [-0.2, -0.15) is 0 Å². The molecule has 12 nitrogen and oxygen atoms in total. The molecule has 0 spiro atoms. The SMILES string of the molecule is COC[C@@H](NC(C)=O)[C@@H](C)OC(=O)C1C(COC(C)=O)=Cc2cc3c(cc2[C@H]1c1cc(OC)c(OC)c(OC)c1)OCO3. The van der Waals surface area contributed by atoms with E-state index >= 15 is 0 Å². The number of rotatable bonds is 12. The third-order valence-electron chi connectivity index (χ3n) is 7.33. The maximum Gasteiger partial charge on any atom is 0.314 e. The fourth-order valence-electron chi connectivity index (χ4n) is 5.38. The highest BCUT2D eigenvalue weighted by molar-refractivity contribution is 5.84. The van der Waals surface area contributed by atoms with Gasteiger partial charge in [0.1, 0.15) is 12.7 Å². The van der Waals surface area contributed by atoms with Gasteiger partial charge in [-0.3, -0.25) is 14.4 Å². The van der Waals surface area contributed by atoms with Crippen LogP contribution in [0.3, 0.4) is 0 Å². The number of hydrogen-bond donors (Lipinski definition) is 1. The van der Waals surface area contributed by atoms with Crippen LogP contribution < -0.4 is 29.0 Å². The molecule has 0 fully saturated rings. The van der Waals surface area contributed by atoms with E-state index in [4.69, 9.17) is 37.9 Å². The minimum atomic E-state index is -0.960. The highest BCUT2D eigenvalue weighted by Gasteiger charge is 2.42. The molecule has 1 heterocycles. The van der Waals surface area contributed by atoms with Crippen LogP contribution in [0.2, 0.25) is 0 Å². The Kier molecular flexibility index (Phi) is 10.0. The summed E-state index contributed by atoms with van der Waals surface area (Å²) in [7, 11) is 6.01. The number of methoxy groups -OCH3 is 4. The molecular formula is C31H37NO11. The second kappa shape index (κ2) is 13.7. The van der Waals surface area contributed by atoms with E-state index in [2.05, 4.69) is 5.32 Å². The Morgan fingerprint density at radius 1 is 0.953 bits per heavy atom. The highest BCUT2D eigenvalue weighted by atomic mass is 16.7. The number of ether oxygens (including phenoxy) is 8. The molecule has 1 aliphatic carbocycles. The Morgan fingerprint density at radius 2 is 1.60 bits per heavy atom. The van der Waals surface area contributed by atoms with Crippen molar-refractivity contribution in [3.8, 4) is 28.7 Å². The average Bonchev–Trinajstić information content (AvgIpc) is 3.44. The van der Waals surface area contributed by atoms with Crippen molar-refractivity contribution >= 4 is 23.9 Å². The van der Waals surface area contributed by atoms with Crippen molar-refractivity contribution < 1.29 is 52.3 Å². The number of carbonyl (C=O) groups excluding carboxylic acids is 3. The van der Waals surface area contributed by atoms with Crippen molar-refractivity contribution in [3.05, 3.63) is 46.5 Å². The number of hydrogen-bond acceptors (Lipinski definition) is 11. The van der Waals surface area contributed by atoms with Gasteiger partial charge >= 0.3 is 11.9 Å². The molecule has 232 valence electrons. The van der Waals surface area contributed by atoms with Crippen LogP contribution in [0, 0.1) is 5.92 Å². The van der Waals surface area contributed by atoms with Crippen LogP contribution in [-0.4, -0.2) is 78.4 Å². The molecule has 43 heavy (non-hydrogen) atoms. The van der Waals surface area contributed by atoms with E-state index in [9.17, 15) is 14.4 Å². The number of fused-ring (bicyclic) bond motifs is 2. The largest absolute Gasteiger partial charge is 0.493 e. The Bertz CT molecular complexity index is 1380. The molecular weight excluding hydrogens is 562 g/mol. The maximum atomic E-state index is 14.2. The molecule has 1 N–H and O–H groups in total. The molecule has 1 aliphatic heterocycles. The van der Waals surface area contributed by atoms with Gasteiger partial charge in [-0.25, -0.2) is 0 Å². The normalized spacial score (nSPS) is 18.0. The Balaban J connectivity index is 1.89. The van der Waals surface area contributed by atoms with Crippen LogP contribution in [0.15, 0.2) is 29.8 Å². The minimum Gasteiger partial charge on any atom is -0.493 e. The van der Waals surface area contributed by atoms with E-state index in [0.717, 1.165) is 11.1 Å². The zero-order chi connectivity index (χ0) is 31.3. The summed E-state index contributed by atoms with van der Waals surface area (Å²) in [5.74, 6) is -0.782. The predicted molar refractivity (Wildman–Crippen MR) is 154 cm³/mol. The number of esters is 2. The number of benzene rings is 2. The molecule has 1 unspecified atom stereocenters. The predicted octanol–water partition coefficient (Wildman–Crippen LogP) is 3.23. The lowest BCUT2D eigenvalue weighted by molar-refractivity contribution is -0.156. The van der Waals surface area contributed by atoms with Crippen LogP contribution in [0.4, 0.5) is 0 Å². The highest BCUT2D eigenvalue weighted by Crippen LogP contribution is 2.50. The van der Waals surface area contributed by atoms with Gasteiger partial charge in [0.2, 0.25) is 18.4 Å². The third kappa shape index (κ3) is 6.80. The topological polar surface area (TPSA) is 137 Å². The molecule has 0 bridgehead atoms. The van der Waals surface area contributed by atoms with E-state index in [1.165, 1.54) is 42.3 Å². The first kappa shape index (κ1) is 31.5. The first-order valence-electron chi connectivity index (χ1n) is 13.7. The van der Waals surface area contributed by atoms with Gasteiger partial charge in [0.25, 0.3) is 0 Å². The molecule has 2 aromatic rings. The molecule has 0 aromatic heterocycles. The lowest BCUT2D eigenvalue weighted by atomic mass is 9.71. The van der Waals surface area contributed by atoms with Crippen LogP contribution in [0.1, 0.15) is 43.4 Å². The minimum absolute atomic E-state index is 0.0596. The van der Waals surface area contributed by atoms with Crippen LogP contribution in [-0.2, 0) is 28.6 Å².